The number of nitrogens with zero attached hydrogens (tertiary/aromatic N) is 1. The molecule has 0 radical (unpaired) electrons. The van der Waals surface area contributed by atoms with Crippen molar-refractivity contribution in [3.63, 3.8) is 0 Å². The van der Waals surface area contributed by atoms with Crippen LogP contribution in [0, 0.1) is 5.92 Å². The summed E-state index contributed by atoms with van der Waals surface area (Å²) in [5.74, 6) is 0.991. The maximum Gasteiger partial charge on any atom is 0.00901 e. The van der Waals surface area contributed by atoms with Crippen molar-refractivity contribution in [2.24, 2.45) is 5.92 Å². The minimum Gasteiger partial charge on any atom is -0.300 e. The molecule has 0 aromatic heterocycles. The van der Waals surface area contributed by atoms with Gasteiger partial charge in [-0.2, -0.15) is 0 Å². The topological polar surface area (TPSA) is 3.24 Å². The quantitative estimate of drug-likeness (QED) is 0.625. The predicted octanol–water partition coefficient (Wildman–Crippen LogP) is 2.91. The molecule has 1 aliphatic heterocycles. The Morgan fingerprint density at radius 1 is 1.25 bits per heavy atom. The van der Waals surface area contributed by atoms with Gasteiger partial charge in [-0.1, -0.05) is 27.2 Å². The van der Waals surface area contributed by atoms with Crippen LogP contribution in [0.25, 0.3) is 0 Å². The van der Waals surface area contributed by atoms with Crippen molar-refractivity contribution in [2.75, 3.05) is 13.1 Å². The zero-order valence-electron chi connectivity index (χ0n) is 8.84. The van der Waals surface area contributed by atoms with Gasteiger partial charge in [-0.15, -0.1) is 0 Å². The molecule has 0 aromatic rings. The second kappa shape index (κ2) is 4.86. The van der Waals surface area contributed by atoms with E-state index in [1.54, 1.807) is 0 Å². The Bertz CT molecular complexity index is 118. The molecule has 1 nitrogen and oxygen atoms in total. The Labute approximate surface area is 77.1 Å². The molecule has 0 aliphatic carbocycles. The minimum absolute atomic E-state index is 0.863. The van der Waals surface area contributed by atoms with Crippen LogP contribution >= 0.6 is 0 Å². The summed E-state index contributed by atoms with van der Waals surface area (Å²) >= 11 is 0. The van der Waals surface area contributed by atoms with Gasteiger partial charge in [0, 0.05) is 12.6 Å². The van der Waals surface area contributed by atoms with Gasteiger partial charge < -0.3 is 4.90 Å². The number of likely N-dealkylation sites (tertiary alicyclic amines) is 1. The van der Waals surface area contributed by atoms with Crippen molar-refractivity contribution in [3.05, 3.63) is 0 Å². The van der Waals surface area contributed by atoms with Crippen LogP contribution in [0.2, 0.25) is 0 Å². The van der Waals surface area contributed by atoms with Crippen LogP contribution in [-0.4, -0.2) is 24.0 Å². The lowest BCUT2D eigenvalue weighted by Crippen LogP contribution is -2.32. The summed E-state index contributed by atoms with van der Waals surface area (Å²) in [7, 11) is 0. The Morgan fingerprint density at radius 2 is 1.92 bits per heavy atom. The third-order valence-electron chi connectivity index (χ3n) is 3.35. The lowest BCUT2D eigenvalue weighted by atomic mass is 10.1. The molecule has 0 N–H and O–H groups in total. The molecule has 1 heterocycles. The van der Waals surface area contributed by atoms with Crippen LogP contribution in [0.4, 0.5) is 0 Å². The summed E-state index contributed by atoms with van der Waals surface area (Å²) in [6, 6.07) is 0.863. The van der Waals surface area contributed by atoms with Gasteiger partial charge in [0.25, 0.3) is 0 Å². The van der Waals surface area contributed by atoms with Gasteiger partial charge in [-0.25, -0.2) is 0 Å². The second-order valence-electron chi connectivity index (χ2n) is 4.03. The highest BCUT2D eigenvalue weighted by molar-refractivity contribution is 4.79. The molecule has 0 aromatic carbocycles. The summed E-state index contributed by atoms with van der Waals surface area (Å²) in [5, 5.41) is 0. The smallest absolute Gasteiger partial charge is 0.00901 e. The zero-order valence-corrected chi connectivity index (χ0v) is 8.84. The Kier molecular flexibility index (Phi) is 4.07. The first kappa shape index (κ1) is 10.0. The van der Waals surface area contributed by atoms with Crippen LogP contribution in [0.3, 0.4) is 0 Å². The first-order valence-electron chi connectivity index (χ1n) is 5.55. The first-order valence-corrected chi connectivity index (χ1v) is 5.55. The van der Waals surface area contributed by atoms with Crippen molar-refractivity contribution in [3.8, 4) is 0 Å². The highest BCUT2D eigenvalue weighted by atomic mass is 15.2. The maximum atomic E-state index is 2.69. The van der Waals surface area contributed by atoms with E-state index in [0.717, 1.165) is 12.0 Å². The lowest BCUT2D eigenvalue weighted by molar-refractivity contribution is 0.221. The highest BCUT2D eigenvalue weighted by Gasteiger charge is 2.24. The first-order chi connectivity index (χ1) is 5.81. The highest BCUT2D eigenvalue weighted by Crippen LogP contribution is 2.23. The summed E-state index contributed by atoms with van der Waals surface area (Å²) < 4.78 is 0. The van der Waals surface area contributed by atoms with Gasteiger partial charge in [-0.05, 0) is 31.7 Å². The monoisotopic (exact) mass is 169 g/mol. The van der Waals surface area contributed by atoms with Crippen LogP contribution in [0.1, 0.15) is 46.5 Å². The third-order valence-corrected chi connectivity index (χ3v) is 3.35. The van der Waals surface area contributed by atoms with Gasteiger partial charge in [0.2, 0.25) is 0 Å². The van der Waals surface area contributed by atoms with Crippen molar-refractivity contribution >= 4 is 0 Å². The molecule has 12 heavy (non-hydrogen) atoms. The molecule has 1 atom stereocenters. The van der Waals surface area contributed by atoms with E-state index in [1.807, 2.05) is 0 Å². The van der Waals surface area contributed by atoms with E-state index >= 15 is 0 Å². The van der Waals surface area contributed by atoms with Crippen LogP contribution < -0.4 is 0 Å². The largest absolute Gasteiger partial charge is 0.300 e. The number of hydrogen-bond acceptors (Lipinski definition) is 1. The molecule has 0 amide bonds. The molecule has 72 valence electrons. The molecule has 0 spiro atoms. The van der Waals surface area contributed by atoms with Crippen LogP contribution in [0.15, 0.2) is 0 Å². The average molecular weight is 169 g/mol. The third kappa shape index (κ3) is 2.22. The van der Waals surface area contributed by atoms with Gasteiger partial charge in [-0.3, -0.25) is 0 Å². The van der Waals surface area contributed by atoms with E-state index in [1.165, 1.54) is 38.8 Å². The minimum atomic E-state index is 0.863. The van der Waals surface area contributed by atoms with Crippen LogP contribution in [-0.2, 0) is 0 Å². The maximum absolute atomic E-state index is 2.69. The van der Waals surface area contributed by atoms with Gasteiger partial charge in [0.05, 0.1) is 0 Å². The summed E-state index contributed by atoms with van der Waals surface area (Å²) in [4.78, 5) is 2.69. The Morgan fingerprint density at radius 3 is 2.33 bits per heavy atom. The number of rotatable bonds is 4. The summed E-state index contributed by atoms with van der Waals surface area (Å²) in [6.45, 7) is 9.66. The summed E-state index contributed by atoms with van der Waals surface area (Å²) in [6.07, 6.45) is 5.46. The van der Waals surface area contributed by atoms with Crippen molar-refractivity contribution in [1.29, 1.82) is 0 Å². The molecule has 1 aliphatic rings. The molecular weight excluding hydrogens is 146 g/mol. The fourth-order valence-corrected chi connectivity index (χ4v) is 2.33. The average Bonchev–Trinajstić information content (AvgIpc) is 2.55. The van der Waals surface area contributed by atoms with E-state index in [4.69, 9.17) is 0 Å². The predicted molar refractivity (Wildman–Crippen MR) is 54.3 cm³/mol. The molecule has 1 heteroatoms. The van der Waals surface area contributed by atoms with Gasteiger partial charge >= 0.3 is 0 Å². The molecule has 1 saturated heterocycles. The Hall–Kier alpha value is -0.0400. The number of hydrogen-bond donors (Lipinski definition) is 0. The zero-order chi connectivity index (χ0) is 8.97. The van der Waals surface area contributed by atoms with Crippen molar-refractivity contribution < 1.29 is 0 Å². The van der Waals surface area contributed by atoms with E-state index in [-0.39, 0.29) is 0 Å². The molecular formula is C11H23N. The molecule has 1 fully saturated rings. The molecule has 0 saturated carbocycles. The second-order valence-corrected chi connectivity index (χ2v) is 4.03. The fourth-order valence-electron chi connectivity index (χ4n) is 2.33. The molecule has 1 unspecified atom stereocenters. The summed E-state index contributed by atoms with van der Waals surface area (Å²) in [5.41, 5.74) is 0. The van der Waals surface area contributed by atoms with E-state index < -0.39 is 0 Å². The van der Waals surface area contributed by atoms with Gasteiger partial charge in [0.1, 0.15) is 0 Å². The van der Waals surface area contributed by atoms with E-state index in [0.29, 0.717) is 0 Å². The fraction of sp³-hybridized carbons (Fsp3) is 1.00. The normalized spacial score (nSPS) is 25.5. The molecule has 1 rings (SSSR count). The van der Waals surface area contributed by atoms with Gasteiger partial charge in [0.15, 0.2) is 0 Å². The van der Waals surface area contributed by atoms with Crippen LogP contribution in [0.5, 0.6) is 0 Å². The lowest BCUT2D eigenvalue weighted by Gasteiger charge is -2.25. The van der Waals surface area contributed by atoms with Crippen molar-refractivity contribution in [2.45, 2.75) is 52.5 Å². The van der Waals surface area contributed by atoms with Crippen molar-refractivity contribution in [1.82, 2.24) is 4.90 Å². The van der Waals surface area contributed by atoms with E-state index in [2.05, 4.69) is 25.7 Å². The SMILES string of the molecule is CCC1CCN(C(CC)CC)C1. The Balaban J connectivity index is 2.34. The standard InChI is InChI=1S/C11H23N/c1-4-10-7-8-12(9-10)11(5-2)6-3/h10-11H,4-9H2,1-3H3. The molecule has 0 bridgehead atoms. The van der Waals surface area contributed by atoms with E-state index in [9.17, 15) is 0 Å².